The Balaban J connectivity index is 2.32. The molecule has 0 aromatic carbocycles. The number of aliphatic hydroxyl groups excluding tert-OH is 1. The monoisotopic (exact) mass is 330 g/mol. The SMILES string of the molecule is CCc1nc(C)c2c(=O)n(CC)c3ccc(OCCCO)nc3n12. The van der Waals surface area contributed by atoms with Crippen molar-refractivity contribution in [3.8, 4) is 5.88 Å². The van der Waals surface area contributed by atoms with Gasteiger partial charge in [-0.25, -0.2) is 4.98 Å². The summed E-state index contributed by atoms with van der Waals surface area (Å²) >= 11 is 0. The topological polar surface area (TPSA) is 81.7 Å². The molecule has 0 aliphatic heterocycles. The number of hydrogen-bond acceptors (Lipinski definition) is 5. The molecular weight excluding hydrogens is 308 g/mol. The van der Waals surface area contributed by atoms with Crippen LogP contribution in [0.5, 0.6) is 5.88 Å². The second kappa shape index (κ2) is 6.60. The first-order valence-electron chi connectivity index (χ1n) is 8.27. The van der Waals surface area contributed by atoms with E-state index in [1.165, 1.54) is 0 Å². The van der Waals surface area contributed by atoms with Crippen LogP contribution >= 0.6 is 0 Å². The molecule has 0 spiro atoms. The standard InChI is InChI=1S/C17H22N4O3/c1-4-13-18-11(3)15-17(23)20(5-2)12-7-8-14(24-10-6-9-22)19-16(12)21(13)15/h7-8,22H,4-6,9-10H2,1-3H3. The van der Waals surface area contributed by atoms with Gasteiger partial charge in [0.25, 0.3) is 5.56 Å². The molecule has 1 N–H and O–H groups in total. The smallest absolute Gasteiger partial charge is 0.277 e. The molecule has 0 atom stereocenters. The third-order valence-electron chi connectivity index (χ3n) is 4.09. The predicted octanol–water partition coefficient (Wildman–Crippen LogP) is 1.70. The highest BCUT2D eigenvalue weighted by atomic mass is 16.5. The van der Waals surface area contributed by atoms with Gasteiger partial charge in [0.15, 0.2) is 5.65 Å². The number of ether oxygens (including phenoxy) is 1. The van der Waals surface area contributed by atoms with Gasteiger partial charge in [0.2, 0.25) is 5.88 Å². The quantitative estimate of drug-likeness (QED) is 0.696. The molecule has 0 unspecified atom stereocenters. The molecule has 128 valence electrons. The number of aromatic nitrogens is 4. The van der Waals surface area contributed by atoms with Crippen molar-refractivity contribution < 1.29 is 9.84 Å². The molecule has 0 fully saturated rings. The van der Waals surface area contributed by atoms with Crippen molar-refractivity contribution in [1.82, 2.24) is 18.9 Å². The molecule has 3 heterocycles. The summed E-state index contributed by atoms with van der Waals surface area (Å²) in [6.45, 7) is 6.83. The minimum absolute atomic E-state index is 0.0505. The van der Waals surface area contributed by atoms with Crippen molar-refractivity contribution in [2.75, 3.05) is 13.2 Å². The van der Waals surface area contributed by atoms with Crippen molar-refractivity contribution in [3.63, 3.8) is 0 Å². The van der Waals surface area contributed by atoms with Crippen molar-refractivity contribution >= 4 is 16.7 Å². The molecule has 3 aromatic rings. The van der Waals surface area contributed by atoms with E-state index in [4.69, 9.17) is 9.84 Å². The van der Waals surface area contributed by atoms with Gasteiger partial charge in [0.05, 0.1) is 17.8 Å². The van der Waals surface area contributed by atoms with Gasteiger partial charge in [-0.3, -0.25) is 9.20 Å². The van der Waals surface area contributed by atoms with Crippen LogP contribution in [0.2, 0.25) is 0 Å². The van der Waals surface area contributed by atoms with Crippen LogP contribution < -0.4 is 10.3 Å². The molecule has 3 rings (SSSR count). The van der Waals surface area contributed by atoms with Crippen molar-refractivity contribution in [3.05, 3.63) is 34.0 Å². The van der Waals surface area contributed by atoms with Gasteiger partial charge in [0.1, 0.15) is 11.3 Å². The van der Waals surface area contributed by atoms with Gasteiger partial charge in [-0.05, 0) is 19.9 Å². The Kier molecular flexibility index (Phi) is 4.53. The normalized spacial score (nSPS) is 11.5. The minimum Gasteiger partial charge on any atom is -0.478 e. The zero-order valence-electron chi connectivity index (χ0n) is 14.2. The van der Waals surface area contributed by atoms with Crippen LogP contribution in [-0.2, 0) is 13.0 Å². The molecular formula is C17H22N4O3. The first-order chi connectivity index (χ1) is 11.6. The maximum atomic E-state index is 12.8. The number of nitrogens with zero attached hydrogens (tertiary/aromatic N) is 4. The average Bonchev–Trinajstić information content (AvgIpc) is 2.93. The van der Waals surface area contributed by atoms with E-state index in [0.717, 1.165) is 11.3 Å². The highest BCUT2D eigenvalue weighted by molar-refractivity contribution is 5.77. The number of fused-ring (bicyclic) bond motifs is 3. The molecule has 3 aromatic heterocycles. The number of hydrogen-bond donors (Lipinski definition) is 1. The Morgan fingerprint density at radius 1 is 1.25 bits per heavy atom. The fraction of sp³-hybridized carbons (Fsp3) is 0.471. The van der Waals surface area contributed by atoms with E-state index in [0.29, 0.717) is 48.7 Å². The lowest BCUT2D eigenvalue weighted by Gasteiger charge is -2.12. The van der Waals surface area contributed by atoms with E-state index >= 15 is 0 Å². The number of aliphatic hydroxyl groups is 1. The van der Waals surface area contributed by atoms with E-state index in [-0.39, 0.29) is 12.2 Å². The highest BCUT2D eigenvalue weighted by Gasteiger charge is 2.18. The van der Waals surface area contributed by atoms with Crippen LogP contribution in [0.1, 0.15) is 31.8 Å². The maximum absolute atomic E-state index is 12.8. The Morgan fingerprint density at radius 3 is 2.71 bits per heavy atom. The largest absolute Gasteiger partial charge is 0.478 e. The predicted molar refractivity (Wildman–Crippen MR) is 91.7 cm³/mol. The van der Waals surface area contributed by atoms with E-state index in [1.807, 2.05) is 31.2 Å². The van der Waals surface area contributed by atoms with E-state index in [2.05, 4.69) is 9.97 Å². The Labute approximate surface area is 139 Å². The lowest BCUT2D eigenvalue weighted by atomic mass is 10.3. The fourth-order valence-electron chi connectivity index (χ4n) is 2.97. The van der Waals surface area contributed by atoms with Gasteiger partial charge in [-0.15, -0.1) is 0 Å². The molecule has 0 radical (unpaired) electrons. The van der Waals surface area contributed by atoms with Crippen LogP contribution in [-0.4, -0.2) is 37.3 Å². The van der Waals surface area contributed by atoms with Crippen molar-refractivity contribution in [2.45, 2.75) is 40.2 Å². The van der Waals surface area contributed by atoms with Crippen LogP contribution in [0, 0.1) is 6.92 Å². The lowest BCUT2D eigenvalue weighted by Crippen LogP contribution is -2.23. The third-order valence-corrected chi connectivity index (χ3v) is 4.09. The first-order valence-corrected chi connectivity index (χ1v) is 8.27. The molecule has 24 heavy (non-hydrogen) atoms. The summed E-state index contributed by atoms with van der Waals surface area (Å²) in [4.78, 5) is 22.0. The summed E-state index contributed by atoms with van der Waals surface area (Å²) in [6.07, 6.45) is 1.25. The molecule has 7 heteroatoms. The van der Waals surface area contributed by atoms with Crippen LogP contribution in [0.4, 0.5) is 0 Å². The fourth-order valence-corrected chi connectivity index (χ4v) is 2.97. The van der Waals surface area contributed by atoms with Crippen LogP contribution in [0.25, 0.3) is 16.7 Å². The molecule has 0 aliphatic carbocycles. The van der Waals surface area contributed by atoms with Crippen molar-refractivity contribution in [2.24, 2.45) is 0 Å². The average molecular weight is 330 g/mol. The lowest BCUT2D eigenvalue weighted by molar-refractivity contribution is 0.229. The molecule has 0 amide bonds. The molecule has 0 saturated heterocycles. The third kappa shape index (κ3) is 2.54. The summed E-state index contributed by atoms with van der Waals surface area (Å²) < 4.78 is 9.15. The Morgan fingerprint density at radius 2 is 2.04 bits per heavy atom. The van der Waals surface area contributed by atoms with Gasteiger partial charge in [0, 0.05) is 32.1 Å². The van der Waals surface area contributed by atoms with E-state index < -0.39 is 0 Å². The number of aryl methyl sites for hydroxylation is 3. The molecule has 7 nitrogen and oxygen atoms in total. The second-order valence-corrected chi connectivity index (χ2v) is 5.62. The van der Waals surface area contributed by atoms with Gasteiger partial charge >= 0.3 is 0 Å². The van der Waals surface area contributed by atoms with E-state index in [1.54, 1.807) is 10.6 Å². The number of rotatable bonds is 6. The van der Waals surface area contributed by atoms with Crippen LogP contribution in [0.15, 0.2) is 16.9 Å². The zero-order chi connectivity index (χ0) is 17.3. The minimum atomic E-state index is -0.0505. The molecule has 0 bridgehead atoms. The van der Waals surface area contributed by atoms with Crippen LogP contribution in [0.3, 0.4) is 0 Å². The molecule has 0 aliphatic rings. The molecule has 0 saturated carbocycles. The summed E-state index contributed by atoms with van der Waals surface area (Å²) in [5.74, 6) is 1.29. The summed E-state index contributed by atoms with van der Waals surface area (Å²) in [7, 11) is 0. The maximum Gasteiger partial charge on any atom is 0.277 e. The number of imidazole rings is 1. The Hall–Kier alpha value is -2.41. The zero-order valence-corrected chi connectivity index (χ0v) is 14.2. The van der Waals surface area contributed by atoms with Gasteiger partial charge in [-0.2, -0.15) is 4.98 Å². The first kappa shape index (κ1) is 16.4. The summed E-state index contributed by atoms with van der Waals surface area (Å²) in [6, 6.07) is 3.61. The summed E-state index contributed by atoms with van der Waals surface area (Å²) in [5.41, 5.74) is 2.67. The van der Waals surface area contributed by atoms with Gasteiger partial charge < -0.3 is 14.4 Å². The Bertz CT molecular complexity index is 943. The van der Waals surface area contributed by atoms with E-state index in [9.17, 15) is 4.79 Å². The highest BCUT2D eigenvalue weighted by Crippen LogP contribution is 2.20. The second-order valence-electron chi connectivity index (χ2n) is 5.62. The van der Waals surface area contributed by atoms with Gasteiger partial charge in [-0.1, -0.05) is 6.92 Å². The summed E-state index contributed by atoms with van der Waals surface area (Å²) in [5, 5.41) is 8.88. The van der Waals surface area contributed by atoms with Crippen molar-refractivity contribution in [1.29, 1.82) is 0 Å². The number of pyridine rings is 1.